The molecule has 0 aliphatic carbocycles. The molecule has 0 bridgehead atoms. The molecule has 1 amide bonds. The lowest BCUT2D eigenvalue weighted by molar-refractivity contribution is -0.128. The average molecular weight is 376 g/mol. The van der Waals surface area contributed by atoms with Crippen LogP contribution in [0.15, 0.2) is 34.3 Å². The SMILES string of the molecule is CS(=O)(=O)NN(CC(=O)c1cccs1)C(=O)C1=CN=C(Cl)CC1. The molecule has 1 aromatic heterocycles. The molecule has 0 spiro atoms. The number of hydrogen-bond donors (Lipinski definition) is 1. The molecule has 0 saturated heterocycles. The van der Waals surface area contributed by atoms with Crippen molar-refractivity contribution in [2.75, 3.05) is 12.8 Å². The normalized spacial score (nSPS) is 14.9. The number of hydrogen-bond acceptors (Lipinski definition) is 6. The Balaban J connectivity index is 2.20. The van der Waals surface area contributed by atoms with Gasteiger partial charge in [-0.1, -0.05) is 17.7 Å². The molecule has 0 saturated carbocycles. The average Bonchev–Trinajstić information content (AvgIpc) is 2.99. The zero-order valence-electron chi connectivity index (χ0n) is 12.2. The van der Waals surface area contributed by atoms with Gasteiger partial charge in [0.15, 0.2) is 5.78 Å². The molecule has 0 fully saturated rings. The molecule has 0 atom stereocenters. The lowest BCUT2D eigenvalue weighted by Crippen LogP contribution is -2.48. The zero-order valence-corrected chi connectivity index (χ0v) is 14.5. The predicted octanol–water partition coefficient (Wildman–Crippen LogP) is 1.54. The van der Waals surface area contributed by atoms with Crippen LogP contribution in [0.5, 0.6) is 0 Å². The van der Waals surface area contributed by atoms with Crippen LogP contribution in [0.3, 0.4) is 0 Å². The molecule has 2 rings (SSSR count). The fraction of sp³-hybridized carbons (Fsp3) is 0.308. The van der Waals surface area contributed by atoms with E-state index in [0.717, 1.165) is 11.3 Å². The molecule has 10 heteroatoms. The maximum atomic E-state index is 12.5. The summed E-state index contributed by atoms with van der Waals surface area (Å²) >= 11 is 6.96. The van der Waals surface area contributed by atoms with Gasteiger partial charge >= 0.3 is 0 Å². The summed E-state index contributed by atoms with van der Waals surface area (Å²) in [5, 5.41) is 2.89. The number of hydrazine groups is 1. The molecule has 124 valence electrons. The highest BCUT2D eigenvalue weighted by Gasteiger charge is 2.25. The molecule has 0 radical (unpaired) electrons. The second-order valence-electron chi connectivity index (χ2n) is 4.81. The fourth-order valence-corrected chi connectivity index (χ4v) is 3.20. The zero-order chi connectivity index (χ0) is 17.0. The fourth-order valence-electron chi connectivity index (χ4n) is 1.85. The van der Waals surface area contributed by atoms with Crippen LogP contribution in [0.25, 0.3) is 0 Å². The van der Waals surface area contributed by atoms with Crippen molar-refractivity contribution in [3.63, 3.8) is 0 Å². The van der Waals surface area contributed by atoms with Crippen LogP contribution < -0.4 is 4.83 Å². The molecule has 1 aliphatic heterocycles. The van der Waals surface area contributed by atoms with Gasteiger partial charge in [0.25, 0.3) is 5.91 Å². The first-order valence-electron chi connectivity index (χ1n) is 6.53. The monoisotopic (exact) mass is 375 g/mol. The Morgan fingerprint density at radius 2 is 2.17 bits per heavy atom. The number of rotatable bonds is 6. The molecule has 7 nitrogen and oxygen atoms in total. The number of nitrogens with one attached hydrogen (secondary N) is 1. The third-order valence-electron chi connectivity index (χ3n) is 2.85. The van der Waals surface area contributed by atoms with Gasteiger partial charge in [0, 0.05) is 18.2 Å². The summed E-state index contributed by atoms with van der Waals surface area (Å²) in [7, 11) is -3.72. The summed E-state index contributed by atoms with van der Waals surface area (Å²) in [6.07, 6.45) is 2.93. The van der Waals surface area contributed by atoms with Crippen LogP contribution in [-0.4, -0.2) is 43.1 Å². The van der Waals surface area contributed by atoms with Gasteiger partial charge in [0.05, 0.1) is 11.1 Å². The van der Waals surface area contributed by atoms with Crippen LogP contribution in [0.4, 0.5) is 0 Å². The van der Waals surface area contributed by atoms with Gasteiger partial charge in [0.2, 0.25) is 10.0 Å². The van der Waals surface area contributed by atoms with Gasteiger partial charge in [0.1, 0.15) is 11.7 Å². The van der Waals surface area contributed by atoms with Crippen molar-refractivity contribution in [1.82, 2.24) is 9.84 Å². The van der Waals surface area contributed by atoms with Crippen LogP contribution >= 0.6 is 22.9 Å². The second kappa shape index (κ2) is 7.35. The maximum absolute atomic E-state index is 12.5. The number of aliphatic imine (C=N–C) groups is 1. The number of sulfonamides is 1. The van der Waals surface area contributed by atoms with Crippen LogP contribution in [0, 0.1) is 0 Å². The third kappa shape index (κ3) is 5.24. The molecule has 0 unspecified atom stereocenters. The maximum Gasteiger partial charge on any atom is 0.266 e. The number of thiophene rings is 1. The van der Waals surface area contributed by atoms with E-state index < -0.39 is 22.5 Å². The van der Waals surface area contributed by atoms with Crippen molar-refractivity contribution in [2.24, 2.45) is 4.99 Å². The Morgan fingerprint density at radius 3 is 2.70 bits per heavy atom. The van der Waals surface area contributed by atoms with Crippen molar-refractivity contribution < 1.29 is 18.0 Å². The number of halogens is 1. The first-order chi connectivity index (χ1) is 10.8. The lowest BCUT2D eigenvalue weighted by Gasteiger charge is -2.23. The van der Waals surface area contributed by atoms with E-state index in [1.54, 1.807) is 17.5 Å². The topological polar surface area (TPSA) is 95.9 Å². The number of carbonyl (C=O) groups excluding carboxylic acids is 2. The molecular weight excluding hydrogens is 362 g/mol. The number of ketones is 1. The molecule has 23 heavy (non-hydrogen) atoms. The molecule has 1 aliphatic rings. The number of Topliss-reactive ketones (excluding diaryl/α,β-unsaturated/α-hetero) is 1. The van der Waals surface area contributed by atoms with Crippen molar-refractivity contribution in [3.05, 3.63) is 34.2 Å². The van der Waals surface area contributed by atoms with E-state index in [-0.39, 0.29) is 11.4 Å². The molecular formula is C13H14ClN3O4S2. The van der Waals surface area contributed by atoms with E-state index in [1.165, 1.54) is 17.5 Å². The van der Waals surface area contributed by atoms with Crippen molar-refractivity contribution in [1.29, 1.82) is 0 Å². The van der Waals surface area contributed by atoms with E-state index in [2.05, 4.69) is 9.82 Å². The highest BCUT2D eigenvalue weighted by Crippen LogP contribution is 2.17. The van der Waals surface area contributed by atoms with Gasteiger partial charge in [-0.05, 0) is 17.9 Å². The molecule has 1 aromatic rings. The lowest BCUT2D eigenvalue weighted by atomic mass is 10.1. The summed E-state index contributed by atoms with van der Waals surface area (Å²) in [5.41, 5.74) is 0.282. The minimum Gasteiger partial charge on any atom is -0.291 e. The number of amides is 1. The standard InChI is InChI=1S/C13H14ClN3O4S2/c1-23(20,21)16-17(8-10(18)11-3-2-6-22-11)13(19)9-4-5-12(14)15-7-9/h2-3,6-7,16H,4-5,8H2,1H3. The Morgan fingerprint density at radius 1 is 1.43 bits per heavy atom. The van der Waals surface area contributed by atoms with Gasteiger partial charge in [-0.15, -0.1) is 16.2 Å². The summed E-state index contributed by atoms with van der Waals surface area (Å²) in [6.45, 7) is -0.402. The van der Waals surface area contributed by atoms with Crippen LogP contribution in [0.2, 0.25) is 0 Å². The van der Waals surface area contributed by atoms with Crippen LogP contribution in [0.1, 0.15) is 22.5 Å². The van der Waals surface area contributed by atoms with E-state index in [1.807, 2.05) is 0 Å². The van der Waals surface area contributed by atoms with Gasteiger partial charge in [-0.2, -0.15) is 0 Å². The summed E-state index contributed by atoms with van der Waals surface area (Å²) in [5.74, 6) is -0.976. The molecule has 2 heterocycles. The minimum atomic E-state index is -3.72. The minimum absolute atomic E-state index is 0.282. The molecule has 0 aromatic carbocycles. The Kier molecular flexibility index (Phi) is 5.69. The van der Waals surface area contributed by atoms with Gasteiger partial charge in [-0.3, -0.25) is 14.6 Å². The van der Waals surface area contributed by atoms with Crippen molar-refractivity contribution in [3.8, 4) is 0 Å². The number of carbonyl (C=O) groups is 2. The van der Waals surface area contributed by atoms with E-state index in [4.69, 9.17) is 11.6 Å². The first-order valence-corrected chi connectivity index (χ1v) is 9.68. The van der Waals surface area contributed by atoms with Crippen molar-refractivity contribution >= 4 is 49.8 Å². The quantitative estimate of drug-likeness (QED) is 0.602. The Bertz CT molecular complexity index is 769. The summed E-state index contributed by atoms with van der Waals surface area (Å²) < 4.78 is 22.9. The Labute approximate surface area is 142 Å². The predicted molar refractivity (Wildman–Crippen MR) is 88.9 cm³/mol. The largest absolute Gasteiger partial charge is 0.291 e. The van der Waals surface area contributed by atoms with E-state index >= 15 is 0 Å². The third-order valence-corrected chi connectivity index (χ3v) is 4.60. The van der Waals surface area contributed by atoms with Crippen LogP contribution in [-0.2, 0) is 14.8 Å². The van der Waals surface area contributed by atoms with E-state index in [0.29, 0.717) is 22.9 Å². The van der Waals surface area contributed by atoms with Gasteiger partial charge < -0.3 is 0 Å². The highest BCUT2D eigenvalue weighted by atomic mass is 35.5. The smallest absolute Gasteiger partial charge is 0.266 e. The highest BCUT2D eigenvalue weighted by molar-refractivity contribution is 7.88. The molecule has 1 N–H and O–H groups in total. The second-order valence-corrected chi connectivity index (χ2v) is 7.93. The Hall–Kier alpha value is -1.55. The number of nitrogens with zero attached hydrogens (tertiary/aromatic N) is 2. The van der Waals surface area contributed by atoms with Crippen molar-refractivity contribution in [2.45, 2.75) is 12.8 Å². The first kappa shape index (κ1) is 17.8. The summed E-state index contributed by atoms with van der Waals surface area (Å²) in [4.78, 5) is 31.0. The van der Waals surface area contributed by atoms with E-state index in [9.17, 15) is 18.0 Å². The summed E-state index contributed by atoms with van der Waals surface area (Å²) in [6, 6.07) is 3.31. The van der Waals surface area contributed by atoms with Gasteiger partial charge in [-0.25, -0.2) is 13.4 Å².